The summed E-state index contributed by atoms with van der Waals surface area (Å²) in [5.74, 6) is -3.03. The zero-order valence-corrected chi connectivity index (χ0v) is 32.5. The van der Waals surface area contributed by atoms with Gasteiger partial charge < -0.3 is 34.3 Å². The van der Waals surface area contributed by atoms with E-state index in [0.29, 0.717) is 5.82 Å². The van der Waals surface area contributed by atoms with Gasteiger partial charge in [0.25, 0.3) is 5.91 Å². The molecule has 1 aliphatic rings. The first-order valence-electron chi connectivity index (χ1n) is 17.7. The van der Waals surface area contributed by atoms with Crippen LogP contribution < -0.4 is 5.32 Å². The molecule has 0 spiro atoms. The van der Waals surface area contributed by atoms with E-state index in [1.807, 2.05) is 51.1 Å². The van der Waals surface area contributed by atoms with E-state index in [2.05, 4.69) is 25.0 Å². The number of benzene rings is 2. The van der Waals surface area contributed by atoms with E-state index in [1.54, 1.807) is 10.8 Å². The molecule has 12 nitrogen and oxygen atoms in total. The highest BCUT2D eigenvalue weighted by Gasteiger charge is 2.43. The number of likely N-dealkylation sites (tertiary alicyclic amines) is 1. The number of alkyl carbamates (subject to hydrolysis) is 1. The van der Waals surface area contributed by atoms with Gasteiger partial charge >= 0.3 is 18.2 Å². The van der Waals surface area contributed by atoms with Crippen LogP contribution in [0.2, 0.25) is 25.7 Å². The minimum atomic E-state index is -1.44. The van der Waals surface area contributed by atoms with Gasteiger partial charge in [0.2, 0.25) is 0 Å². The number of halogens is 2. The van der Waals surface area contributed by atoms with Crippen LogP contribution in [0.3, 0.4) is 0 Å². The summed E-state index contributed by atoms with van der Waals surface area (Å²) in [6.07, 6.45) is -0.123. The number of carbonyl (C=O) groups excluding carboxylic acids is 3. The van der Waals surface area contributed by atoms with E-state index < -0.39 is 73.7 Å². The zero-order chi connectivity index (χ0) is 39.1. The smallest absolute Gasteiger partial charge is 0.407 e. The molecule has 3 atom stereocenters. The minimum absolute atomic E-state index is 0.00465. The van der Waals surface area contributed by atoms with E-state index in [4.69, 9.17) is 14.5 Å². The first-order valence-corrected chi connectivity index (χ1v) is 21.4. The van der Waals surface area contributed by atoms with Gasteiger partial charge in [0.1, 0.15) is 17.5 Å². The van der Waals surface area contributed by atoms with Crippen LogP contribution in [0.15, 0.2) is 54.7 Å². The lowest BCUT2D eigenvalue weighted by Crippen LogP contribution is -2.48. The number of carbonyl (C=O) groups is 4. The van der Waals surface area contributed by atoms with Gasteiger partial charge in [-0.1, -0.05) is 70.7 Å². The molecule has 53 heavy (non-hydrogen) atoms. The van der Waals surface area contributed by atoms with Crippen LogP contribution in [0.5, 0.6) is 0 Å². The Morgan fingerprint density at radius 1 is 1.04 bits per heavy atom. The number of imidazole rings is 1. The molecule has 2 heterocycles. The topological polar surface area (TPSA) is 143 Å². The number of nitrogens with zero attached hydrogens (tertiary/aromatic N) is 4. The molecule has 2 unspecified atom stereocenters. The number of hydrogen-bond acceptors (Lipinski definition) is 7. The zero-order valence-electron chi connectivity index (χ0n) is 31.5. The van der Waals surface area contributed by atoms with E-state index in [1.165, 1.54) is 16.7 Å². The summed E-state index contributed by atoms with van der Waals surface area (Å²) in [4.78, 5) is 58.6. The van der Waals surface area contributed by atoms with E-state index >= 15 is 4.39 Å². The first kappa shape index (κ1) is 41.0. The van der Waals surface area contributed by atoms with Crippen molar-refractivity contribution >= 4 is 32.1 Å². The number of ether oxygens (including phenoxy) is 2. The molecule has 4 rings (SSSR count). The Balaban J connectivity index is 1.76. The van der Waals surface area contributed by atoms with Crippen LogP contribution in [0.25, 0.3) is 11.3 Å². The summed E-state index contributed by atoms with van der Waals surface area (Å²) in [5, 5.41) is 12.7. The lowest BCUT2D eigenvalue weighted by atomic mass is 9.83. The van der Waals surface area contributed by atoms with Gasteiger partial charge in [-0.05, 0) is 35.2 Å². The Labute approximate surface area is 310 Å². The van der Waals surface area contributed by atoms with Crippen molar-refractivity contribution in [1.29, 1.82) is 0 Å². The molecule has 1 fully saturated rings. The molecule has 3 aromatic rings. The molecule has 0 bridgehead atoms. The van der Waals surface area contributed by atoms with Crippen LogP contribution in [-0.4, -0.2) is 96.0 Å². The normalized spacial score (nSPS) is 16.6. The number of esters is 1. The average Bonchev–Trinajstić information content (AvgIpc) is 3.66. The van der Waals surface area contributed by atoms with Crippen molar-refractivity contribution in [2.75, 3.05) is 39.4 Å². The molecule has 1 saturated heterocycles. The summed E-state index contributed by atoms with van der Waals surface area (Å²) in [5.41, 5.74) is 0.239. The number of hydrogen-bond donors (Lipinski definition) is 2. The maximum atomic E-state index is 15.2. The summed E-state index contributed by atoms with van der Waals surface area (Å²) in [6, 6.07) is 12.5. The second-order valence-electron chi connectivity index (χ2n) is 15.9. The van der Waals surface area contributed by atoms with Gasteiger partial charge in [-0.25, -0.2) is 23.4 Å². The van der Waals surface area contributed by atoms with Gasteiger partial charge in [0, 0.05) is 71.3 Å². The fraction of sp³-hybridized carbons (Fsp3) is 0.500. The number of amides is 3. The highest BCUT2D eigenvalue weighted by atomic mass is 28.3. The molecule has 1 aromatic heterocycles. The average molecular weight is 756 g/mol. The van der Waals surface area contributed by atoms with E-state index in [-0.39, 0.29) is 50.6 Å². The van der Waals surface area contributed by atoms with Gasteiger partial charge in [-0.2, -0.15) is 0 Å². The quantitative estimate of drug-likeness (QED) is 0.138. The van der Waals surface area contributed by atoms with Crippen LogP contribution in [0, 0.1) is 28.9 Å². The molecular weight excluding hydrogens is 705 g/mol. The summed E-state index contributed by atoms with van der Waals surface area (Å²) < 4.78 is 42.0. The molecule has 3 amide bonds. The van der Waals surface area contributed by atoms with Crippen molar-refractivity contribution < 1.29 is 42.5 Å². The monoisotopic (exact) mass is 755 g/mol. The molecule has 2 aromatic carbocycles. The molecular formula is C38H51F2N5O7Si. The fourth-order valence-electron chi connectivity index (χ4n) is 6.47. The number of nitrogens with one attached hydrogen (secondary N) is 1. The Morgan fingerprint density at radius 3 is 2.34 bits per heavy atom. The predicted octanol–water partition coefficient (Wildman–Crippen LogP) is 6.65. The second kappa shape index (κ2) is 17.4. The Kier molecular flexibility index (Phi) is 13.4. The third-order valence-electron chi connectivity index (χ3n) is 9.18. The van der Waals surface area contributed by atoms with Gasteiger partial charge in [-0.3, -0.25) is 9.59 Å². The van der Waals surface area contributed by atoms with Crippen molar-refractivity contribution in [3.63, 3.8) is 0 Å². The third-order valence-corrected chi connectivity index (χ3v) is 10.9. The SMILES string of the molecule is CC(=O)OCC(=O)N(CC1CN(C(=O)O)CC1CNC(=O)OCC[Si](C)(C)C)[C@@H](c1nc(-c2cc(F)ccc2F)cn1Cc1ccccc1)C(C)(C)C. The lowest BCUT2D eigenvalue weighted by Gasteiger charge is -2.41. The van der Waals surface area contributed by atoms with Crippen LogP contribution in [0.1, 0.15) is 45.1 Å². The fourth-order valence-corrected chi connectivity index (χ4v) is 7.19. The van der Waals surface area contributed by atoms with Gasteiger partial charge in [-0.15, -0.1) is 0 Å². The molecule has 0 aliphatic carbocycles. The van der Waals surface area contributed by atoms with Crippen LogP contribution in [0.4, 0.5) is 18.4 Å². The van der Waals surface area contributed by atoms with Crippen molar-refractivity contribution in [1.82, 2.24) is 24.7 Å². The molecule has 15 heteroatoms. The standard InChI is InChI=1S/C38H51F2N5O7Si/c1-25(46)52-24-33(47)45(22-28-21-44(37(49)50)20-27(28)18-41-36(48)51-15-16-53(5,6)7)34(38(2,3)4)35-42-32(30-17-29(39)13-14-31(30)40)23-43(35)19-26-11-9-8-10-12-26/h8-14,17,23,27-28,34H,15-16,18-22,24H2,1-7H3,(H,41,48)(H,49,50)/t27?,28?,34-/m0/s1. The maximum Gasteiger partial charge on any atom is 0.407 e. The summed E-state index contributed by atoms with van der Waals surface area (Å²) in [7, 11) is -1.44. The van der Waals surface area contributed by atoms with Crippen molar-refractivity contribution in [3.05, 3.63) is 77.8 Å². The molecule has 0 saturated carbocycles. The Bertz CT molecular complexity index is 1760. The lowest BCUT2D eigenvalue weighted by molar-refractivity contribution is -0.153. The van der Waals surface area contributed by atoms with Crippen molar-refractivity contribution in [2.45, 2.75) is 66.0 Å². The maximum absolute atomic E-state index is 15.2. The second-order valence-corrected chi connectivity index (χ2v) is 21.5. The van der Waals surface area contributed by atoms with Crippen molar-refractivity contribution in [2.24, 2.45) is 17.3 Å². The number of rotatable bonds is 14. The Morgan fingerprint density at radius 2 is 1.72 bits per heavy atom. The molecule has 2 N–H and O–H groups in total. The van der Waals surface area contributed by atoms with Crippen LogP contribution >= 0.6 is 0 Å². The molecule has 0 radical (unpaired) electrons. The summed E-state index contributed by atoms with van der Waals surface area (Å²) in [6.45, 7) is 13.7. The Hall–Kier alpha value is -4.79. The van der Waals surface area contributed by atoms with E-state index in [9.17, 15) is 28.7 Å². The van der Waals surface area contributed by atoms with Crippen molar-refractivity contribution in [3.8, 4) is 11.3 Å². The minimum Gasteiger partial charge on any atom is -0.465 e. The molecule has 1 aliphatic heterocycles. The number of carboxylic acid groups (broad SMARTS) is 1. The highest BCUT2D eigenvalue weighted by Crippen LogP contribution is 2.41. The predicted molar refractivity (Wildman–Crippen MR) is 198 cm³/mol. The van der Waals surface area contributed by atoms with Crippen LogP contribution in [-0.2, 0) is 25.6 Å². The first-order chi connectivity index (χ1) is 24.8. The van der Waals surface area contributed by atoms with Gasteiger partial charge in [0.15, 0.2) is 6.61 Å². The third kappa shape index (κ3) is 11.6. The summed E-state index contributed by atoms with van der Waals surface area (Å²) >= 11 is 0. The largest absolute Gasteiger partial charge is 0.465 e. The van der Waals surface area contributed by atoms with E-state index in [0.717, 1.165) is 29.8 Å². The highest BCUT2D eigenvalue weighted by molar-refractivity contribution is 6.76. The molecule has 288 valence electrons. The van der Waals surface area contributed by atoms with Gasteiger partial charge in [0.05, 0.1) is 18.3 Å². The number of aromatic nitrogens is 2.